The molecule has 0 radical (unpaired) electrons. The molecule has 2 rings (SSSR count). The lowest BCUT2D eigenvalue weighted by Crippen LogP contribution is -2.43. The standard InChI is InChI=1S/C14H20N2O2S/c1-10-4-2-5-11(8-10)16-13(17)9-15-14(18)12-6-3-7-19-12/h3,6-7,10-11H,2,4-5,8-9H2,1H3,(H,15,18)(H,16,17). The molecule has 5 heteroatoms. The normalized spacial score (nSPS) is 22.8. The number of carbonyl (C=O) groups is 2. The predicted octanol–water partition coefficient (Wildman–Crippen LogP) is 2.17. The largest absolute Gasteiger partial charge is 0.352 e. The van der Waals surface area contributed by atoms with Crippen LogP contribution in [0.2, 0.25) is 0 Å². The first-order chi connectivity index (χ1) is 9.15. The first kappa shape index (κ1) is 14.1. The van der Waals surface area contributed by atoms with E-state index in [1.165, 1.54) is 24.2 Å². The zero-order valence-corrected chi connectivity index (χ0v) is 12.0. The highest BCUT2D eigenvalue weighted by Gasteiger charge is 2.20. The lowest BCUT2D eigenvalue weighted by molar-refractivity contribution is -0.121. The van der Waals surface area contributed by atoms with Gasteiger partial charge in [-0.05, 0) is 30.2 Å². The van der Waals surface area contributed by atoms with Crippen molar-refractivity contribution in [3.05, 3.63) is 22.4 Å². The average Bonchev–Trinajstić information content (AvgIpc) is 2.90. The van der Waals surface area contributed by atoms with E-state index in [-0.39, 0.29) is 24.4 Å². The predicted molar refractivity (Wildman–Crippen MR) is 76.2 cm³/mol. The molecule has 2 unspecified atom stereocenters. The molecular weight excluding hydrogens is 260 g/mol. The molecule has 1 fully saturated rings. The summed E-state index contributed by atoms with van der Waals surface area (Å²) in [6.45, 7) is 2.28. The highest BCUT2D eigenvalue weighted by molar-refractivity contribution is 7.12. The number of thiophene rings is 1. The van der Waals surface area contributed by atoms with Gasteiger partial charge in [0.1, 0.15) is 0 Å². The zero-order chi connectivity index (χ0) is 13.7. The van der Waals surface area contributed by atoms with Gasteiger partial charge in [-0.25, -0.2) is 0 Å². The van der Waals surface area contributed by atoms with E-state index < -0.39 is 0 Å². The third kappa shape index (κ3) is 4.35. The van der Waals surface area contributed by atoms with Crippen molar-refractivity contribution >= 4 is 23.2 Å². The van der Waals surface area contributed by atoms with Crippen LogP contribution in [0.15, 0.2) is 17.5 Å². The summed E-state index contributed by atoms with van der Waals surface area (Å²) in [6, 6.07) is 3.85. The van der Waals surface area contributed by atoms with E-state index in [2.05, 4.69) is 17.6 Å². The maximum atomic E-state index is 11.8. The Morgan fingerprint density at radius 1 is 1.42 bits per heavy atom. The Labute approximate surface area is 117 Å². The van der Waals surface area contributed by atoms with Crippen LogP contribution in [0, 0.1) is 5.92 Å². The second-order valence-corrected chi connectivity index (χ2v) is 6.14. The van der Waals surface area contributed by atoms with E-state index in [1.54, 1.807) is 6.07 Å². The number of amides is 2. The summed E-state index contributed by atoms with van der Waals surface area (Å²) in [5.74, 6) is 0.408. The van der Waals surface area contributed by atoms with Gasteiger partial charge in [-0.3, -0.25) is 9.59 Å². The molecule has 2 N–H and O–H groups in total. The van der Waals surface area contributed by atoms with E-state index >= 15 is 0 Å². The van der Waals surface area contributed by atoms with Crippen LogP contribution < -0.4 is 10.6 Å². The molecule has 0 bridgehead atoms. The molecule has 0 aliphatic heterocycles. The van der Waals surface area contributed by atoms with Crippen LogP contribution >= 0.6 is 11.3 Å². The van der Waals surface area contributed by atoms with Crippen LogP contribution in [0.25, 0.3) is 0 Å². The van der Waals surface area contributed by atoms with Crippen molar-refractivity contribution in [3.8, 4) is 0 Å². The lowest BCUT2D eigenvalue weighted by Gasteiger charge is -2.27. The van der Waals surface area contributed by atoms with E-state index in [9.17, 15) is 9.59 Å². The van der Waals surface area contributed by atoms with Crippen molar-refractivity contribution in [3.63, 3.8) is 0 Å². The Hall–Kier alpha value is -1.36. The Kier molecular flexibility index (Phi) is 4.96. The molecule has 1 aromatic heterocycles. The second kappa shape index (κ2) is 6.70. The van der Waals surface area contributed by atoms with Gasteiger partial charge >= 0.3 is 0 Å². The van der Waals surface area contributed by atoms with Gasteiger partial charge in [0.05, 0.1) is 11.4 Å². The number of hydrogen-bond donors (Lipinski definition) is 2. The molecule has 1 aliphatic carbocycles. The van der Waals surface area contributed by atoms with Crippen molar-refractivity contribution in [1.82, 2.24) is 10.6 Å². The minimum Gasteiger partial charge on any atom is -0.352 e. The Morgan fingerprint density at radius 3 is 2.95 bits per heavy atom. The van der Waals surface area contributed by atoms with Crippen LogP contribution in [0.1, 0.15) is 42.3 Å². The first-order valence-corrected chi connectivity index (χ1v) is 7.64. The molecule has 1 aromatic rings. The van der Waals surface area contributed by atoms with Gasteiger partial charge in [-0.2, -0.15) is 0 Å². The molecule has 19 heavy (non-hydrogen) atoms. The van der Waals surface area contributed by atoms with Crippen LogP contribution in [0.4, 0.5) is 0 Å². The van der Waals surface area contributed by atoms with Gasteiger partial charge in [-0.1, -0.05) is 25.8 Å². The van der Waals surface area contributed by atoms with E-state index in [0.29, 0.717) is 10.8 Å². The third-order valence-corrected chi connectivity index (χ3v) is 4.32. The summed E-state index contributed by atoms with van der Waals surface area (Å²) in [5.41, 5.74) is 0. The van der Waals surface area contributed by atoms with Gasteiger partial charge in [0.2, 0.25) is 5.91 Å². The van der Waals surface area contributed by atoms with E-state index in [1.807, 2.05) is 11.4 Å². The van der Waals surface area contributed by atoms with E-state index in [0.717, 1.165) is 12.8 Å². The number of hydrogen-bond acceptors (Lipinski definition) is 3. The lowest BCUT2D eigenvalue weighted by atomic mass is 9.87. The van der Waals surface area contributed by atoms with Crippen LogP contribution in [-0.2, 0) is 4.79 Å². The summed E-state index contributed by atoms with van der Waals surface area (Å²) >= 11 is 1.37. The molecular formula is C14H20N2O2S. The molecule has 0 aromatic carbocycles. The van der Waals surface area contributed by atoms with Gasteiger partial charge in [0.15, 0.2) is 0 Å². The number of carbonyl (C=O) groups excluding carboxylic acids is 2. The third-order valence-electron chi connectivity index (χ3n) is 3.46. The van der Waals surface area contributed by atoms with Crippen molar-refractivity contribution in [2.75, 3.05) is 6.54 Å². The SMILES string of the molecule is CC1CCCC(NC(=O)CNC(=O)c2cccs2)C1. The molecule has 104 valence electrons. The van der Waals surface area contributed by atoms with E-state index in [4.69, 9.17) is 0 Å². The molecule has 2 atom stereocenters. The number of rotatable bonds is 4. The van der Waals surface area contributed by atoms with Gasteiger partial charge < -0.3 is 10.6 Å². The summed E-state index contributed by atoms with van der Waals surface area (Å²) in [6.07, 6.45) is 4.52. The van der Waals surface area contributed by atoms with Gasteiger partial charge in [0, 0.05) is 6.04 Å². The highest BCUT2D eigenvalue weighted by Crippen LogP contribution is 2.23. The molecule has 1 heterocycles. The molecule has 2 amide bonds. The van der Waals surface area contributed by atoms with Crippen LogP contribution in [0.3, 0.4) is 0 Å². The Bertz CT molecular complexity index is 431. The monoisotopic (exact) mass is 280 g/mol. The quantitative estimate of drug-likeness (QED) is 0.888. The minimum absolute atomic E-state index is 0.0572. The fourth-order valence-electron chi connectivity index (χ4n) is 2.50. The molecule has 0 saturated heterocycles. The van der Waals surface area contributed by atoms with Crippen molar-refractivity contribution in [2.24, 2.45) is 5.92 Å². The van der Waals surface area contributed by atoms with Crippen LogP contribution in [-0.4, -0.2) is 24.4 Å². The highest BCUT2D eigenvalue weighted by atomic mass is 32.1. The fourth-order valence-corrected chi connectivity index (χ4v) is 3.14. The summed E-state index contributed by atoms with van der Waals surface area (Å²) in [5, 5.41) is 7.49. The zero-order valence-electron chi connectivity index (χ0n) is 11.1. The molecule has 4 nitrogen and oxygen atoms in total. The molecule has 1 aliphatic rings. The molecule has 1 saturated carbocycles. The van der Waals surface area contributed by atoms with Crippen LogP contribution in [0.5, 0.6) is 0 Å². The first-order valence-electron chi connectivity index (χ1n) is 6.76. The average molecular weight is 280 g/mol. The van der Waals surface area contributed by atoms with Gasteiger partial charge in [0.25, 0.3) is 5.91 Å². The Balaban J connectivity index is 1.71. The summed E-state index contributed by atoms with van der Waals surface area (Å²) < 4.78 is 0. The smallest absolute Gasteiger partial charge is 0.261 e. The summed E-state index contributed by atoms with van der Waals surface area (Å²) in [4.78, 5) is 24.1. The number of nitrogens with one attached hydrogen (secondary N) is 2. The van der Waals surface area contributed by atoms with Crippen molar-refractivity contribution in [2.45, 2.75) is 38.6 Å². The van der Waals surface area contributed by atoms with Crippen molar-refractivity contribution in [1.29, 1.82) is 0 Å². The summed E-state index contributed by atoms with van der Waals surface area (Å²) in [7, 11) is 0. The second-order valence-electron chi connectivity index (χ2n) is 5.20. The van der Waals surface area contributed by atoms with Gasteiger partial charge in [-0.15, -0.1) is 11.3 Å². The maximum absolute atomic E-state index is 11.8. The van der Waals surface area contributed by atoms with Crippen molar-refractivity contribution < 1.29 is 9.59 Å². The Morgan fingerprint density at radius 2 is 2.26 bits per heavy atom. The fraction of sp³-hybridized carbons (Fsp3) is 0.571. The topological polar surface area (TPSA) is 58.2 Å². The maximum Gasteiger partial charge on any atom is 0.261 e. The molecule has 0 spiro atoms. The minimum atomic E-state index is -0.179.